The van der Waals surface area contributed by atoms with Crippen molar-refractivity contribution in [2.75, 3.05) is 12.3 Å². The Hall–Kier alpha value is -0.470. The van der Waals surface area contributed by atoms with E-state index < -0.39 is 0 Å². The molecule has 2 aliphatic rings. The number of hydrogen-bond donors (Lipinski definition) is 1. The van der Waals surface area contributed by atoms with Crippen molar-refractivity contribution in [1.29, 1.82) is 0 Å². The second kappa shape index (κ2) is 7.19. The Kier molecular flexibility index (Phi) is 5.29. The summed E-state index contributed by atoms with van der Waals surface area (Å²) in [6, 6.07) is 9.20. The van der Waals surface area contributed by atoms with Crippen LogP contribution in [0, 0.1) is 23.7 Å². The van der Waals surface area contributed by atoms with Crippen LogP contribution in [0.4, 0.5) is 0 Å². The van der Waals surface area contributed by atoms with Crippen LogP contribution in [-0.2, 0) is 6.54 Å². The molecule has 21 heavy (non-hydrogen) atoms. The summed E-state index contributed by atoms with van der Waals surface area (Å²) >= 11 is 2.07. The number of hydrogen-bond acceptors (Lipinski definition) is 2. The van der Waals surface area contributed by atoms with E-state index in [0.29, 0.717) is 0 Å². The predicted octanol–water partition coefficient (Wildman–Crippen LogP) is 4.96. The maximum atomic E-state index is 3.51. The summed E-state index contributed by atoms with van der Waals surface area (Å²) in [6.45, 7) is 6.60. The van der Waals surface area contributed by atoms with Gasteiger partial charge in [-0.2, -0.15) is 0 Å². The Morgan fingerprint density at radius 1 is 1.14 bits per heavy atom. The van der Waals surface area contributed by atoms with E-state index in [4.69, 9.17) is 0 Å². The first-order chi connectivity index (χ1) is 10.2. The van der Waals surface area contributed by atoms with Gasteiger partial charge in [-0.1, -0.05) is 32.4 Å². The lowest BCUT2D eigenvalue weighted by atomic mass is 9.90. The van der Waals surface area contributed by atoms with Crippen molar-refractivity contribution in [2.24, 2.45) is 23.7 Å². The lowest BCUT2D eigenvalue weighted by Gasteiger charge is -2.21. The molecule has 1 nitrogen and oxygen atoms in total. The quantitative estimate of drug-likeness (QED) is 0.714. The van der Waals surface area contributed by atoms with Gasteiger partial charge in [-0.15, -0.1) is 11.8 Å². The van der Waals surface area contributed by atoms with Gasteiger partial charge in [0.15, 0.2) is 0 Å². The van der Waals surface area contributed by atoms with Crippen LogP contribution < -0.4 is 5.32 Å². The molecule has 0 heterocycles. The molecule has 3 rings (SSSR count). The highest BCUT2D eigenvalue weighted by Gasteiger charge is 2.38. The molecular formula is C19H29NS. The standard InChI is InChI=1S/C19H29NS/c1-14(2)11-20-12-15-4-7-19(8-5-15)21-13-18-10-16-3-6-17(18)9-16/h4-5,7-8,14,16-18,20H,3,6,9-13H2,1-2H3. The van der Waals surface area contributed by atoms with E-state index in [1.807, 2.05) is 0 Å². The van der Waals surface area contributed by atoms with Crippen LogP contribution in [0.1, 0.15) is 45.1 Å². The Morgan fingerprint density at radius 2 is 1.95 bits per heavy atom. The fourth-order valence-corrected chi connectivity index (χ4v) is 5.14. The van der Waals surface area contributed by atoms with Crippen LogP contribution >= 0.6 is 11.8 Å². The van der Waals surface area contributed by atoms with Crippen molar-refractivity contribution in [1.82, 2.24) is 5.32 Å². The first kappa shape index (κ1) is 15.4. The van der Waals surface area contributed by atoms with Gasteiger partial charge in [0.05, 0.1) is 0 Å². The molecule has 0 amide bonds. The zero-order valence-corrected chi connectivity index (χ0v) is 14.3. The summed E-state index contributed by atoms with van der Waals surface area (Å²) in [5, 5.41) is 3.51. The molecule has 0 radical (unpaired) electrons. The second-order valence-corrected chi connectivity index (χ2v) is 8.51. The summed E-state index contributed by atoms with van der Waals surface area (Å²) in [5.41, 5.74) is 1.40. The van der Waals surface area contributed by atoms with Gasteiger partial charge in [0.25, 0.3) is 0 Å². The molecule has 2 bridgehead atoms. The van der Waals surface area contributed by atoms with Crippen LogP contribution in [0.15, 0.2) is 29.2 Å². The number of fused-ring (bicyclic) bond motifs is 2. The molecule has 1 aromatic rings. The normalized spacial score (nSPS) is 27.7. The SMILES string of the molecule is CC(C)CNCc1ccc(SCC2CC3CCC2C3)cc1. The number of thioether (sulfide) groups is 1. The molecule has 2 heteroatoms. The molecule has 0 spiro atoms. The third-order valence-electron chi connectivity index (χ3n) is 5.15. The number of nitrogens with one attached hydrogen (secondary N) is 1. The van der Waals surface area contributed by atoms with E-state index in [-0.39, 0.29) is 0 Å². The van der Waals surface area contributed by atoms with Crippen LogP contribution in [0.5, 0.6) is 0 Å². The van der Waals surface area contributed by atoms with Crippen molar-refractivity contribution >= 4 is 11.8 Å². The minimum Gasteiger partial charge on any atom is -0.312 e. The molecule has 0 aliphatic heterocycles. The molecule has 1 N–H and O–H groups in total. The fraction of sp³-hybridized carbons (Fsp3) is 0.684. The van der Waals surface area contributed by atoms with Gasteiger partial charge < -0.3 is 5.32 Å². The van der Waals surface area contributed by atoms with Gasteiger partial charge in [0.1, 0.15) is 0 Å². The monoisotopic (exact) mass is 303 g/mol. The van der Waals surface area contributed by atoms with E-state index in [2.05, 4.69) is 55.2 Å². The average molecular weight is 304 g/mol. The summed E-state index contributed by atoms with van der Waals surface area (Å²) < 4.78 is 0. The first-order valence-electron chi connectivity index (χ1n) is 8.63. The molecule has 116 valence electrons. The van der Waals surface area contributed by atoms with Crippen LogP contribution in [0.25, 0.3) is 0 Å². The molecule has 2 saturated carbocycles. The summed E-state index contributed by atoms with van der Waals surface area (Å²) in [7, 11) is 0. The average Bonchev–Trinajstić information content (AvgIpc) is 3.08. The Labute approximate surface area is 134 Å². The summed E-state index contributed by atoms with van der Waals surface area (Å²) in [5.74, 6) is 5.20. The van der Waals surface area contributed by atoms with E-state index in [1.165, 1.54) is 41.9 Å². The Morgan fingerprint density at radius 3 is 2.57 bits per heavy atom. The van der Waals surface area contributed by atoms with E-state index in [9.17, 15) is 0 Å². The van der Waals surface area contributed by atoms with Gasteiger partial charge >= 0.3 is 0 Å². The van der Waals surface area contributed by atoms with Gasteiger partial charge in [0.2, 0.25) is 0 Å². The number of rotatable bonds is 7. The fourth-order valence-electron chi connectivity index (χ4n) is 3.99. The highest BCUT2D eigenvalue weighted by atomic mass is 32.2. The highest BCUT2D eigenvalue weighted by Crippen LogP contribution is 2.49. The third kappa shape index (κ3) is 4.26. The second-order valence-electron chi connectivity index (χ2n) is 7.41. The molecule has 2 fully saturated rings. The van der Waals surface area contributed by atoms with Gasteiger partial charge in [-0.05, 0) is 67.2 Å². The first-order valence-corrected chi connectivity index (χ1v) is 9.61. The van der Waals surface area contributed by atoms with E-state index in [0.717, 1.165) is 36.8 Å². The van der Waals surface area contributed by atoms with Gasteiger partial charge in [-0.3, -0.25) is 0 Å². The largest absolute Gasteiger partial charge is 0.312 e. The van der Waals surface area contributed by atoms with E-state index in [1.54, 1.807) is 0 Å². The molecular weight excluding hydrogens is 274 g/mol. The minimum atomic E-state index is 0.724. The maximum Gasteiger partial charge on any atom is 0.0205 e. The van der Waals surface area contributed by atoms with Crippen molar-refractivity contribution in [3.05, 3.63) is 29.8 Å². The van der Waals surface area contributed by atoms with Crippen molar-refractivity contribution in [2.45, 2.75) is 51.0 Å². The van der Waals surface area contributed by atoms with Crippen LogP contribution in [-0.4, -0.2) is 12.3 Å². The topological polar surface area (TPSA) is 12.0 Å². The number of benzene rings is 1. The van der Waals surface area contributed by atoms with Gasteiger partial charge in [0, 0.05) is 17.2 Å². The van der Waals surface area contributed by atoms with E-state index >= 15 is 0 Å². The van der Waals surface area contributed by atoms with Crippen molar-refractivity contribution in [3.63, 3.8) is 0 Å². The maximum absolute atomic E-state index is 3.51. The van der Waals surface area contributed by atoms with Crippen LogP contribution in [0.3, 0.4) is 0 Å². The minimum absolute atomic E-state index is 0.724. The molecule has 3 unspecified atom stereocenters. The molecule has 0 aromatic heterocycles. The summed E-state index contributed by atoms with van der Waals surface area (Å²) in [4.78, 5) is 1.45. The zero-order chi connectivity index (χ0) is 14.7. The van der Waals surface area contributed by atoms with Crippen LogP contribution in [0.2, 0.25) is 0 Å². The summed E-state index contributed by atoms with van der Waals surface area (Å²) in [6.07, 6.45) is 6.07. The Bertz CT molecular complexity index is 439. The lowest BCUT2D eigenvalue weighted by molar-refractivity contribution is 0.365. The zero-order valence-electron chi connectivity index (χ0n) is 13.5. The lowest BCUT2D eigenvalue weighted by Crippen LogP contribution is -2.18. The van der Waals surface area contributed by atoms with Crippen molar-refractivity contribution in [3.8, 4) is 0 Å². The molecule has 2 aliphatic carbocycles. The smallest absolute Gasteiger partial charge is 0.0205 e. The third-order valence-corrected chi connectivity index (χ3v) is 6.35. The molecule has 1 aromatic carbocycles. The van der Waals surface area contributed by atoms with Crippen molar-refractivity contribution < 1.29 is 0 Å². The predicted molar refractivity (Wildman–Crippen MR) is 92.6 cm³/mol. The Balaban J connectivity index is 1.42. The molecule has 0 saturated heterocycles. The molecule has 3 atom stereocenters. The van der Waals surface area contributed by atoms with Gasteiger partial charge in [-0.25, -0.2) is 0 Å². The highest BCUT2D eigenvalue weighted by molar-refractivity contribution is 7.99.